The highest BCUT2D eigenvalue weighted by atomic mass is 15.2. The summed E-state index contributed by atoms with van der Waals surface area (Å²) in [5.41, 5.74) is 2.12. The number of fused-ring (bicyclic) bond motifs is 1. The molecule has 2 heterocycles. The van der Waals surface area contributed by atoms with E-state index in [0.29, 0.717) is 5.92 Å². The van der Waals surface area contributed by atoms with Crippen molar-refractivity contribution in [2.24, 2.45) is 5.92 Å². The number of nitrogens with zero attached hydrogens (tertiary/aromatic N) is 2. The van der Waals surface area contributed by atoms with Gasteiger partial charge in [0.05, 0.1) is 5.69 Å². The summed E-state index contributed by atoms with van der Waals surface area (Å²) < 4.78 is 0. The molecule has 0 saturated heterocycles. The maximum absolute atomic E-state index is 4.32. The topological polar surface area (TPSA) is 41.6 Å². The van der Waals surface area contributed by atoms with E-state index in [2.05, 4.69) is 28.2 Å². The van der Waals surface area contributed by atoms with Gasteiger partial charge in [-0.1, -0.05) is 6.92 Å². The van der Waals surface area contributed by atoms with Gasteiger partial charge in [0.1, 0.15) is 0 Å². The number of hydrogen-bond acceptors (Lipinski definition) is 2. The monoisotopic (exact) mass is 173 g/mol. The van der Waals surface area contributed by atoms with Crippen LogP contribution in [0.5, 0.6) is 0 Å². The molecule has 1 saturated carbocycles. The van der Waals surface area contributed by atoms with Gasteiger partial charge in [0.25, 0.3) is 0 Å². The number of pyridine rings is 1. The SMILES string of the molecule is CC1CC1c1n[nH]c2ncccc12. The Hall–Kier alpha value is -1.38. The Morgan fingerprint density at radius 1 is 1.54 bits per heavy atom. The second kappa shape index (κ2) is 2.31. The fourth-order valence-corrected chi connectivity index (χ4v) is 1.86. The molecule has 3 nitrogen and oxygen atoms in total. The van der Waals surface area contributed by atoms with Crippen LogP contribution in [0.2, 0.25) is 0 Å². The lowest BCUT2D eigenvalue weighted by Gasteiger charge is -1.91. The third kappa shape index (κ3) is 0.963. The van der Waals surface area contributed by atoms with Gasteiger partial charge in [-0.25, -0.2) is 4.98 Å². The van der Waals surface area contributed by atoms with Crippen molar-refractivity contribution in [1.29, 1.82) is 0 Å². The highest BCUT2D eigenvalue weighted by Gasteiger charge is 2.37. The standard InChI is InChI=1S/C10H11N3/c1-6-5-8(6)9-7-3-2-4-11-10(7)13-12-9/h2-4,6,8H,5H2,1H3,(H,11,12,13). The van der Waals surface area contributed by atoms with E-state index in [-0.39, 0.29) is 0 Å². The summed E-state index contributed by atoms with van der Waals surface area (Å²) in [6.07, 6.45) is 3.06. The average molecular weight is 173 g/mol. The lowest BCUT2D eigenvalue weighted by Crippen LogP contribution is -1.81. The summed E-state index contributed by atoms with van der Waals surface area (Å²) in [6, 6.07) is 4.06. The van der Waals surface area contributed by atoms with E-state index in [1.807, 2.05) is 6.07 Å². The maximum atomic E-state index is 4.32. The van der Waals surface area contributed by atoms with E-state index >= 15 is 0 Å². The Morgan fingerprint density at radius 3 is 3.15 bits per heavy atom. The molecule has 0 aromatic carbocycles. The van der Waals surface area contributed by atoms with E-state index in [1.54, 1.807) is 6.20 Å². The number of hydrogen-bond donors (Lipinski definition) is 1. The van der Waals surface area contributed by atoms with Gasteiger partial charge >= 0.3 is 0 Å². The van der Waals surface area contributed by atoms with Crippen LogP contribution in [0.4, 0.5) is 0 Å². The zero-order valence-electron chi connectivity index (χ0n) is 7.49. The second-order valence-electron chi connectivity index (χ2n) is 3.83. The van der Waals surface area contributed by atoms with Crippen molar-refractivity contribution >= 4 is 11.0 Å². The first-order chi connectivity index (χ1) is 6.36. The van der Waals surface area contributed by atoms with Gasteiger partial charge in [0.15, 0.2) is 5.65 Å². The van der Waals surface area contributed by atoms with Crippen LogP contribution in [0.15, 0.2) is 18.3 Å². The molecule has 66 valence electrons. The van der Waals surface area contributed by atoms with E-state index in [4.69, 9.17) is 0 Å². The van der Waals surface area contributed by atoms with Crippen LogP contribution in [0.25, 0.3) is 11.0 Å². The highest BCUT2D eigenvalue weighted by Crippen LogP contribution is 2.47. The quantitative estimate of drug-likeness (QED) is 0.717. The molecule has 13 heavy (non-hydrogen) atoms. The Balaban J connectivity index is 2.19. The van der Waals surface area contributed by atoms with Gasteiger partial charge in [0.2, 0.25) is 0 Å². The zero-order valence-corrected chi connectivity index (χ0v) is 7.49. The van der Waals surface area contributed by atoms with Gasteiger partial charge in [0, 0.05) is 17.5 Å². The molecular weight excluding hydrogens is 162 g/mol. The molecule has 2 aromatic rings. The fourth-order valence-electron chi connectivity index (χ4n) is 1.86. The molecule has 1 aliphatic carbocycles. The first-order valence-electron chi connectivity index (χ1n) is 4.65. The minimum Gasteiger partial charge on any atom is -0.261 e. The molecule has 2 unspecified atom stereocenters. The molecule has 0 aliphatic heterocycles. The van der Waals surface area contributed by atoms with E-state index in [0.717, 1.165) is 11.6 Å². The third-order valence-electron chi connectivity index (χ3n) is 2.83. The van der Waals surface area contributed by atoms with Crippen LogP contribution in [-0.2, 0) is 0 Å². The molecular formula is C10H11N3. The van der Waals surface area contributed by atoms with Crippen molar-refractivity contribution in [2.75, 3.05) is 0 Å². The van der Waals surface area contributed by atoms with Gasteiger partial charge < -0.3 is 0 Å². The Kier molecular flexibility index (Phi) is 1.26. The molecule has 3 heteroatoms. The predicted molar refractivity (Wildman–Crippen MR) is 50.4 cm³/mol. The number of H-pyrrole nitrogens is 1. The van der Waals surface area contributed by atoms with Gasteiger partial charge in [-0.3, -0.25) is 5.10 Å². The Labute approximate surface area is 76.2 Å². The molecule has 1 fully saturated rings. The minimum absolute atomic E-state index is 0.665. The third-order valence-corrected chi connectivity index (χ3v) is 2.83. The Morgan fingerprint density at radius 2 is 2.38 bits per heavy atom. The van der Waals surface area contributed by atoms with Gasteiger partial charge in [-0.2, -0.15) is 5.10 Å². The predicted octanol–water partition coefficient (Wildman–Crippen LogP) is 2.08. The molecule has 0 amide bonds. The maximum Gasteiger partial charge on any atom is 0.155 e. The lowest BCUT2D eigenvalue weighted by molar-refractivity contribution is 0.877. The normalized spacial score (nSPS) is 26.5. The van der Waals surface area contributed by atoms with Crippen LogP contribution >= 0.6 is 0 Å². The van der Waals surface area contributed by atoms with E-state index in [1.165, 1.54) is 17.5 Å². The summed E-state index contributed by atoms with van der Waals surface area (Å²) in [6.45, 7) is 2.27. The molecule has 1 N–H and O–H groups in total. The summed E-state index contributed by atoms with van der Waals surface area (Å²) in [7, 11) is 0. The van der Waals surface area contributed by atoms with E-state index < -0.39 is 0 Å². The van der Waals surface area contributed by atoms with Crippen LogP contribution < -0.4 is 0 Å². The van der Waals surface area contributed by atoms with Crippen molar-refractivity contribution in [3.05, 3.63) is 24.0 Å². The molecule has 0 spiro atoms. The van der Waals surface area contributed by atoms with Crippen molar-refractivity contribution < 1.29 is 0 Å². The lowest BCUT2D eigenvalue weighted by atomic mass is 10.2. The first kappa shape index (κ1) is 7.06. The van der Waals surface area contributed by atoms with Crippen LogP contribution in [0, 0.1) is 5.92 Å². The van der Waals surface area contributed by atoms with Crippen LogP contribution in [-0.4, -0.2) is 15.2 Å². The van der Waals surface area contributed by atoms with Crippen LogP contribution in [0.3, 0.4) is 0 Å². The minimum atomic E-state index is 0.665. The smallest absolute Gasteiger partial charge is 0.155 e. The summed E-state index contributed by atoms with van der Waals surface area (Å²) in [4.78, 5) is 4.22. The molecule has 0 radical (unpaired) electrons. The van der Waals surface area contributed by atoms with Crippen molar-refractivity contribution in [3.8, 4) is 0 Å². The van der Waals surface area contributed by atoms with Gasteiger partial charge in [-0.05, 0) is 24.5 Å². The zero-order chi connectivity index (χ0) is 8.84. The number of aromatic amines is 1. The van der Waals surface area contributed by atoms with Crippen LogP contribution in [0.1, 0.15) is 25.0 Å². The highest BCUT2D eigenvalue weighted by molar-refractivity contribution is 5.78. The van der Waals surface area contributed by atoms with E-state index in [9.17, 15) is 0 Å². The average Bonchev–Trinajstić information content (AvgIpc) is 2.74. The summed E-state index contributed by atoms with van der Waals surface area (Å²) in [5.74, 6) is 1.46. The summed E-state index contributed by atoms with van der Waals surface area (Å²) >= 11 is 0. The molecule has 0 bridgehead atoms. The molecule has 1 aliphatic rings. The first-order valence-corrected chi connectivity index (χ1v) is 4.65. The van der Waals surface area contributed by atoms with Gasteiger partial charge in [-0.15, -0.1) is 0 Å². The second-order valence-corrected chi connectivity index (χ2v) is 3.83. The Bertz CT molecular complexity index is 446. The number of rotatable bonds is 1. The van der Waals surface area contributed by atoms with Crippen molar-refractivity contribution in [3.63, 3.8) is 0 Å². The van der Waals surface area contributed by atoms with Crippen molar-refractivity contribution in [2.45, 2.75) is 19.3 Å². The fraction of sp³-hybridized carbons (Fsp3) is 0.400. The number of nitrogens with one attached hydrogen (secondary N) is 1. The molecule has 3 rings (SSSR count). The largest absolute Gasteiger partial charge is 0.261 e. The number of aromatic nitrogens is 3. The summed E-state index contributed by atoms with van der Waals surface area (Å²) in [5, 5.41) is 8.48. The van der Waals surface area contributed by atoms with Crippen molar-refractivity contribution in [1.82, 2.24) is 15.2 Å². The molecule has 2 aromatic heterocycles. The molecule has 2 atom stereocenters.